The summed E-state index contributed by atoms with van der Waals surface area (Å²) in [5.41, 5.74) is 7.90. The summed E-state index contributed by atoms with van der Waals surface area (Å²) in [6.45, 7) is 1.85. The number of anilines is 1. The van der Waals surface area contributed by atoms with E-state index in [9.17, 15) is 9.18 Å². The molecule has 3 nitrogen and oxygen atoms in total. The highest BCUT2D eigenvalue weighted by molar-refractivity contribution is 9.10. The Labute approximate surface area is 124 Å². The van der Waals surface area contributed by atoms with Crippen LogP contribution in [-0.4, -0.2) is 5.97 Å². The standard InChI is InChI=1S/C15H13BrFNO2/c1-9-2-3-14(18)13(4-9)15(19)20-8-10-5-11(16)7-12(17)6-10/h2-7H,8,18H2,1H3. The SMILES string of the molecule is Cc1ccc(N)c(C(=O)OCc2cc(F)cc(Br)c2)c1. The summed E-state index contributed by atoms with van der Waals surface area (Å²) in [6, 6.07) is 9.48. The van der Waals surface area contributed by atoms with Crippen molar-refractivity contribution in [3.63, 3.8) is 0 Å². The normalized spacial score (nSPS) is 10.3. The molecule has 0 aliphatic rings. The molecule has 0 heterocycles. The van der Waals surface area contributed by atoms with E-state index in [1.165, 1.54) is 12.1 Å². The Kier molecular flexibility index (Phi) is 4.39. The zero-order chi connectivity index (χ0) is 14.7. The van der Waals surface area contributed by atoms with E-state index in [0.29, 0.717) is 21.3 Å². The lowest BCUT2D eigenvalue weighted by molar-refractivity contribution is 0.0473. The summed E-state index contributed by atoms with van der Waals surface area (Å²) in [5, 5.41) is 0. The van der Waals surface area contributed by atoms with Crippen LogP contribution in [0, 0.1) is 12.7 Å². The lowest BCUT2D eigenvalue weighted by atomic mass is 10.1. The van der Waals surface area contributed by atoms with Crippen LogP contribution in [0.25, 0.3) is 0 Å². The molecule has 0 aliphatic heterocycles. The number of aryl methyl sites for hydroxylation is 1. The molecule has 0 atom stereocenters. The third-order valence-electron chi connectivity index (χ3n) is 2.72. The van der Waals surface area contributed by atoms with Gasteiger partial charge in [0, 0.05) is 10.2 Å². The molecule has 0 bridgehead atoms. The van der Waals surface area contributed by atoms with Gasteiger partial charge in [-0.1, -0.05) is 27.6 Å². The molecule has 5 heteroatoms. The van der Waals surface area contributed by atoms with Crippen molar-refractivity contribution in [2.45, 2.75) is 13.5 Å². The molecule has 0 saturated heterocycles. The lowest BCUT2D eigenvalue weighted by Crippen LogP contribution is -2.08. The molecule has 2 aromatic rings. The van der Waals surface area contributed by atoms with Crippen molar-refractivity contribution in [2.75, 3.05) is 5.73 Å². The van der Waals surface area contributed by atoms with Gasteiger partial charge in [-0.25, -0.2) is 9.18 Å². The van der Waals surface area contributed by atoms with Crippen LogP contribution in [0.5, 0.6) is 0 Å². The topological polar surface area (TPSA) is 52.3 Å². The van der Waals surface area contributed by atoms with Crippen molar-refractivity contribution < 1.29 is 13.9 Å². The van der Waals surface area contributed by atoms with Gasteiger partial charge in [0.2, 0.25) is 0 Å². The zero-order valence-electron chi connectivity index (χ0n) is 10.8. The first-order valence-electron chi connectivity index (χ1n) is 5.94. The number of halogens is 2. The highest BCUT2D eigenvalue weighted by Gasteiger charge is 2.12. The smallest absolute Gasteiger partial charge is 0.340 e. The van der Waals surface area contributed by atoms with Crippen LogP contribution in [0.4, 0.5) is 10.1 Å². The van der Waals surface area contributed by atoms with Crippen molar-refractivity contribution in [3.8, 4) is 0 Å². The molecule has 0 unspecified atom stereocenters. The molecule has 0 fully saturated rings. The van der Waals surface area contributed by atoms with E-state index in [-0.39, 0.29) is 12.4 Å². The fraction of sp³-hybridized carbons (Fsp3) is 0.133. The van der Waals surface area contributed by atoms with E-state index < -0.39 is 5.97 Å². The van der Waals surface area contributed by atoms with Gasteiger partial charge >= 0.3 is 5.97 Å². The number of nitrogens with two attached hydrogens (primary N) is 1. The van der Waals surface area contributed by atoms with Crippen LogP contribution >= 0.6 is 15.9 Å². The molecule has 0 spiro atoms. The van der Waals surface area contributed by atoms with Gasteiger partial charge in [-0.3, -0.25) is 0 Å². The quantitative estimate of drug-likeness (QED) is 0.683. The van der Waals surface area contributed by atoms with Gasteiger partial charge < -0.3 is 10.5 Å². The molecule has 20 heavy (non-hydrogen) atoms. The minimum atomic E-state index is -0.522. The molecule has 2 aromatic carbocycles. The maximum atomic E-state index is 13.2. The van der Waals surface area contributed by atoms with Crippen molar-refractivity contribution in [1.82, 2.24) is 0 Å². The van der Waals surface area contributed by atoms with Gasteiger partial charge in [0.05, 0.1) is 5.56 Å². The van der Waals surface area contributed by atoms with Crippen LogP contribution in [0.1, 0.15) is 21.5 Å². The fourth-order valence-corrected chi connectivity index (χ4v) is 2.28. The molecule has 104 valence electrons. The van der Waals surface area contributed by atoms with E-state index in [1.807, 2.05) is 13.0 Å². The Morgan fingerprint density at radius 3 is 2.75 bits per heavy atom. The second-order valence-corrected chi connectivity index (χ2v) is 5.36. The molecular formula is C15H13BrFNO2. The molecular weight excluding hydrogens is 325 g/mol. The number of hydrogen-bond acceptors (Lipinski definition) is 3. The van der Waals surface area contributed by atoms with E-state index >= 15 is 0 Å². The van der Waals surface area contributed by atoms with Crippen molar-refractivity contribution in [2.24, 2.45) is 0 Å². The van der Waals surface area contributed by atoms with Gasteiger partial charge in [0.1, 0.15) is 12.4 Å². The minimum absolute atomic E-state index is 0.0113. The number of esters is 1. The van der Waals surface area contributed by atoms with Gasteiger partial charge in [0.25, 0.3) is 0 Å². The molecule has 2 N–H and O–H groups in total. The maximum absolute atomic E-state index is 13.2. The van der Waals surface area contributed by atoms with Crippen molar-refractivity contribution in [3.05, 3.63) is 63.4 Å². The van der Waals surface area contributed by atoms with Gasteiger partial charge in [-0.05, 0) is 42.8 Å². The van der Waals surface area contributed by atoms with E-state index in [4.69, 9.17) is 10.5 Å². The lowest BCUT2D eigenvalue weighted by Gasteiger charge is -2.08. The fourth-order valence-electron chi connectivity index (χ4n) is 1.77. The van der Waals surface area contributed by atoms with Crippen molar-refractivity contribution >= 4 is 27.6 Å². The number of hydrogen-bond donors (Lipinski definition) is 1. The van der Waals surface area contributed by atoms with E-state index in [0.717, 1.165) is 5.56 Å². The molecule has 0 saturated carbocycles. The average Bonchev–Trinajstić information content (AvgIpc) is 2.38. The van der Waals surface area contributed by atoms with Gasteiger partial charge in [0.15, 0.2) is 0 Å². The summed E-state index contributed by atoms with van der Waals surface area (Å²) in [7, 11) is 0. The molecule has 0 amide bonds. The summed E-state index contributed by atoms with van der Waals surface area (Å²) < 4.78 is 19.0. The van der Waals surface area contributed by atoms with Crippen LogP contribution in [0.2, 0.25) is 0 Å². The van der Waals surface area contributed by atoms with Crippen LogP contribution in [-0.2, 0) is 11.3 Å². The zero-order valence-corrected chi connectivity index (χ0v) is 12.4. The number of benzene rings is 2. The first-order valence-corrected chi connectivity index (χ1v) is 6.73. The van der Waals surface area contributed by atoms with Crippen LogP contribution in [0.15, 0.2) is 40.9 Å². The number of rotatable bonds is 3. The van der Waals surface area contributed by atoms with Crippen molar-refractivity contribution in [1.29, 1.82) is 0 Å². The van der Waals surface area contributed by atoms with E-state index in [1.54, 1.807) is 18.2 Å². The Morgan fingerprint density at radius 1 is 1.30 bits per heavy atom. The number of carbonyl (C=O) groups excluding carboxylic acids is 1. The molecule has 0 radical (unpaired) electrons. The molecule has 2 rings (SSSR count). The highest BCUT2D eigenvalue weighted by Crippen LogP contribution is 2.18. The average molecular weight is 338 g/mol. The Balaban J connectivity index is 2.10. The second kappa shape index (κ2) is 6.05. The number of carbonyl (C=O) groups is 1. The number of nitrogen functional groups attached to an aromatic ring is 1. The summed E-state index contributed by atoms with van der Waals surface area (Å²) in [6.07, 6.45) is 0. The summed E-state index contributed by atoms with van der Waals surface area (Å²) >= 11 is 3.19. The second-order valence-electron chi connectivity index (χ2n) is 4.44. The first-order chi connectivity index (χ1) is 9.45. The minimum Gasteiger partial charge on any atom is -0.457 e. The Bertz CT molecular complexity index is 638. The molecule has 0 aromatic heterocycles. The highest BCUT2D eigenvalue weighted by atomic mass is 79.9. The van der Waals surface area contributed by atoms with Gasteiger partial charge in [-0.15, -0.1) is 0 Å². The Morgan fingerprint density at radius 2 is 2.05 bits per heavy atom. The predicted molar refractivity (Wildman–Crippen MR) is 78.8 cm³/mol. The third kappa shape index (κ3) is 3.57. The largest absolute Gasteiger partial charge is 0.457 e. The molecule has 0 aliphatic carbocycles. The third-order valence-corrected chi connectivity index (χ3v) is 3.18. The van der Waals surface area contributed by atoms with Crippen LogP contribution in [0.3, 0.4) is 0 Å². The number of ether oxygens (including phenoxy) is 1. The monoisotopic (exact) mass is 337 g/mol. The van der Waals surface area contributed by atoms with E-state index in [2.05, 4.69) is 15.9 Å². The predicted octanol–water partition coefficient (Wildman–Crippen LogP) is 3.84. The summed E-state index contributed by atoms with van der Waals surface area (Å²) in [4.78, 5) is 12.0. The maximum Gasteiger partial charge on any atom is 0.340 e. The van der Waals surface area contributed by atoms with Crippen LogP contribution < -0.4 is 5.73 Å². The first kappa shape index (κ1) is 14.5. The Hall–Kier alpha value is -1.88. The summed E-state index contributed by atoms with van der Waals surface area (Å²) in [5.74, 6) is -0.910. The van der Waals surface area contributed by atoms with Gasteiger partial charge in [-0.2, -0.15) is 0 Å².